The minimum atomic E-state index is -1.31. The van der Waals surface area contributed by atoms with Crippen molar-refractivity contribution in [3.05, 3.63) is 23.3 Å². The van der Waals surface area contributed by atoms with E-state index in [0.29, 0.717) is 0 Å². The Kier molecular flexibility index (Phi) is 2.58. The Hall–Kier alpha value is -2.22. The van der Waals surface area contributed by atoms with Crippen LogP contribution < -0.4 is 4.74 Å². The Morgan fingerprint density at radius 3 is 2.64 bits per heavy atom. The molecule has 0 radical (unpaired) electrons. The molecule has 1 aromatic rings. The minimum Gasteiger partial charge on any atom is -0.504 e. The maximum absolute atomic E-state index is 10.6. The molecule has 5 heteroatoms. The summed E-state index contributed by atoms with van der Waals surface area (Å²) in [6.45, 7) is 0. The van der Waals surface area contributed by atoms with E-state index in [2.05, 4.69) is 0 Å². The molecule has 0 aliphatic rings. The van der Waals surface area contributed by atoms with Crippen LogP contribution in [0.4, 0.5) is 0 Å². The van der Waals surface area contributed by atoms with Gasteiger partial charge in [0.1, 0.15) is 5.56 Å². The Labute approximate surface area is 79.8 Å². The smallest absolute Gasteiger partial charge is 0.339 e. The van der Waals surface area contributed by atoms with Crippen LogP contribution in [0.5, 0.6) is 11.5 Å². The van der Waals surface area contributed by atoms with Crippen LogP contribution in [0, 0.1) is 11.3 Å². The molecule has 0 amide bonds. The van der Waals surface area contributed by atoms with Gasteiger partial charge < -0.3 is 14.9 Å². The summed E-state index contributed by atoms with van der Waals surface area (Å²) in [5, 5.41) is 26.6. The maximum Gasteiger partial charge on any atom is 0.339 e. The lowest BCUT2D eigenvalue weighted by molar-refractivity contribution is 0.0693. The number of carboxylic acids is 1. The number of ether oxygens (including phenoxy) is 1. The summed E-state index contributed by atoms with van der Waals surface area (Å²) in [5.74, 6) is -1.81. The SMILES string of the molecule is COc1cc(C#N)cc(C(=O)O)c1O. The van der Waals surface area contributed by atoms with E-state index in [1.165, 1.54) is 13.2 Å². The van der Waals surface area contributed by atoms with E-state index in [-0.39, 0.29) is 16.9 Å². The Morgan fingerprint density at radius 1 is 1.57 bits per heavy atom. The van der Waals surface area contributed by atoms with Crippen LogP contribution in [-0.4, -0.2) is 23.3 Å². The van der Waals surface area contributed by atoms with Gasteiger partial charge >= 0.3 is 5.97 Å². The number of phenols is 1. The van der Waals surface area contributed by atoms with Gasteiger partial charge in [-0.05, 0) is 6.07 Å². The fraction of sp³-hybridized carbons (Fsp3) is 0.111. The van der Waals surface area contributed by atoms with Crippen LogP contribution in [0.25, 0.3) is 0 Å². The van der Waals surface area contributed by atoms with Gasteiger partial charge in [-0.3, -0.25) is 0 Å². The highest BCUT2D eigenvalue weighted by atomic mass is 16.5. The molecule has 0 aliphatic carbocycles. The second-order valence-corrected chi connectivity index (χ2v) is 2.49. The summed E-state index contributed by atoms with van der Waals surface area (Å²) in [5.41, 5.74) is -0.224. The van der Waals surface area contributed by atoms with Crippen molar-refractivity contribution < 1.29 is 19.7 Å². The first-order chi connectivity index (χ1) is 6.60. The van der Waals surface area contributed by atoms with Gasteiger partial charge in [0.15, 0.2) is 11.5 Å². The van der Waals surface area contributed by atoms with Gasteiger partial charge in [-0.15, -0.1) is 0 Å². The topological polar surface area (TPSA) is 90.5 Å². The third-order valence-electron chi connectivity index (χ3n) is 1.65. The standard InChI is InChI=1S/C9H7NO4/c1-14-7-3-5(4-10)2-6(8(7)11)9(12)13/h2-3,11H,1H3,(H,12,13). The van der Waals surface area contributed by atoms with E-state index in [1.54, 1.807) is 6.07 Å². The first kappa shape index (κ1) is 9.86. The summed E-state index contributed by atoms with van der Waals surface area (Å²) >= 11 is 0. The molecule has 0 atom stereocenters. The van der Waals surface area contributed by atoms with Crippen molar-refractivity contribution >= 4 is 5.97 Å². The lowest BCUT2D eigenvalue weighted by Crippen LogP contribution is -1.99. The lowest BCUT2D eigenvalue weighted by Gasteiger charge is -2.06. The van der Waals surface area contributed by atoms with Gasteiger partial charge in [0.25, 0.3) is 0 Å². The van der Waals surface area contributed by atoms with Gasteiger partial charge in [-0.25, -0.2) is 4.79 Å². The van der Waals surface area contributed by atoms with Gasteiger partial charge in [0, 0.05) is 6.07 Å². The van der Waals surface area contributed by atoms with Crippen LogP contribution in [0.2, 0.25) is 0 Å². The van der Waals surface area contributed by atoms with Crippen LogP contribution in [0.1, 0.15) is 15.9 Å². The summed E-state index contributed by atoms with van der Waals surface area (Å²) in [7, 11) is 1.28. The van der Waals surface area contributed by atoms with E-state index in [1.807, 2.05) is 0 Å². The minimum absolute atomic E-state index is 0.0264. The van der Waals surface area contributed by atoms with Crippen molar-refractivity contribution in [2.24, 2.45) is 0 Å². The Balaban J connectivity index is 3.44. The highest BCUT2D eigenvalue weighted by Gasteiger charge is 2.15. The van der Waals surface area contributed by atoms with Gasteiger partial charge in [-0.2, -0.15) is 5.26 Å². The highest BCUT2D eigenvalue weighted by Crippen LogP contribution is 2.31. The molecule has 1 aromatic carbocycles. The molecule has 14 heavy (non-hydrogen) atoms. The monoisotopic (exact) mass is 193 g/mol. The molecule has 0 aliphatic heterocycles. The molecule has 0 unspecified atom stereocenters. The van der Waals surface area contributed by atoms with Crippen molar-refractivity contribution in [1.29, 1.82) is 5.26 Å². The second kappa shape index (κ2) is 3.66. The third-order valence-corrected chi connectivity index (χ3v) is 1.65. The van der Waals surface area contributed by atoms with Crippen molar-refractivity contribution in [1.82, 2.24) is 0 Å². The van der Waals surface area contributed by atoms with Crippen LogP contribution in [0.15, 0.2) is 12.1 Å². The van der Waals surface area contributed by atoms with Crippen LogP contribution in [-0.2, 0) is 0 Å². The van der Waals surface area contributed by atoms with Crippen molar-refractivity contribution in [3.63, 3.8) is 0 Å². The van der Waals surface area contributed by atoms with E-state index in [0.717, 1.165) is 6.07 Å². The first-order valence-corrected chi connectivity index (χ1v) is 3.64. The predicted octanol–water partition coefficient (Wildman–Crippen LogP) is 0.971. The fourth-order valence-electron chi connectivity index (χ4n) is 0.991. The van der Waals surface area contributed by atoms with Crippen LogP contribution >= 0.6 is 0 Å². The number of carbonyl (C=O) groups is 1. The normalized spacial score (nSPS) is 9.14. The largest absolute Gasteiger partial charge is 0.504 e. The molecule has 72 valence electrons. The zero-order chi connectivity index (χ0) is 10.7. The number of aromatic carboxylic acids is 1. The average molecular weight is 193 g/mol. The van der Waals surface area contributed by atoms with E-state index >= 15 is 0 Å². The quantitative estimate of drug-likeness (QED) is 0.730. The number of hydrogen-bond acceptors (Lipinski definition) is 4. The molecule has 0 saturated carbocycles. The molecular weight excluding hydrogens is 186 g/mol. The molecule has 5 nitrogen and oxygen atoms in total. The highest BCUT2D eigenvalue weighted by molar-refractivity contribution is 5.92. The molecule has 0 bridgehead atoms. The Morgan fingerprint density at radius 2 is 2.21 bits per heavy atom. The summed E-state index contributed by atoms with van der Waals surface area (Å²) in [4.78, 5) is 10.6. The number of methoxy groups -OCH3 is 1. The molecular formula is C9H7NO4. The fourth-order valence-corrected chi connectivity index (χ4v) is 0.991. The average Bonchev–Trinajstić information content (AvgIpc) is 2.17. The summed E-state index contributed by atoms with van der Waals surface area (Å²) in [6, 6.07) is 4.12. The number of nitrogens with zero attached hydrogens (tertiary/aromatic N) is 1. The van der Waals surface area contributed by atoms with Gasteiger partial charge in [0.2, 0.25) is 0 Å². The zero-order valence-corrected chi connectivity index (χ0v) is 7.31. The molecule has 2 N–H and O–H groups in total. The number of aromatic hydroxyl groups is 1. The van der Waals surface area contributed by atoms with E-state index < -0.39 is 11.7 Å². The molecule has 0 fully saturated rings. The number of hydrogen-bond donors (Lipinski definition) is 2. The second-order valence-electron chi connectivity index (χ2n) is 2.49. The predicted molar refractivity (Wildman–Crippen MR) is 46.3 cm³/mol. The Bertz CT molecular complexity index is 420. The summed E-state index contributed by atoms with van der Waals surface area (Å²) < 4.78 is 4.71. The summed E-state index contributed by atoms with van der Waals surface area (Å²) in [6.07, 6.45) is 0. The number of benzene rings is 1. The number of rotatable bonds is 2. The van der Waals surface area contributed by atoms with Crippen molar-refractivity contribution in [2.75, 3.05) is 7.11 Å². The number of nitriles is 1. The van der Waals surface area contributed by atoms with Gasteiger partial charge in [0.05, 0.1) is 18.7 Å². The lowest BCUT2D eigenvalue weighted by atomic mass is 10.1. The number of carboxylic acid groups (broad SMARTS) is 1. The van der Waals surface area contributed by atoms with Crippen molar-refractivity contribution in [2.45, 2.75) is 0 Å². The van der Waals surface area contributed by atoms with Crippen molar-refractivity contribution in [3.8, 4) is 17.6 Å². The van der Waals surface area contributed by atoms with Crippen LogP contribution in [0.3, 0.4) is 0 Å². The molecule has 0 saturated heterocycles. The molecule has 0 aromatic heterocycles. The third kappa shape index (κ3) is 1.59. The molecule has 0 spiro atoms. The first-order valence-electron chi connectivity index (χ1n) is 3.64. The molecule has 1 rings (SSSR count). The maximum atomic E-state index is 10.6. The molecule has 0 heterocycles. The zero-order valence-electron chi connectivity index (χ0n) is 7.31. The van der Waals surface area contributed by atoms with E-state index in [4.69, 9.17) is 15.1 Å². The van der Waals surface area contributed by atoms with E-state index in [9.17, 15) is 9.90 Å². The van der Waals surface area contributed by atoms with Gasteiger partial charge in [-0.1, -0.05) is 0 Å².